The molecule has 0 spiro atoms. The van der Waals surface area contributed by atoms with Crippen LogP contribution in [0.25, 0.3) is 0 Å². The second-order valence-corrected chi connectivity index (χ2v) is 6.61. The van der Waals surface area contributed by atoms with Crippen LogP contribution in [0.2, 0.25) is 0 Å². The molecule has 1 aromatic rings. The molecule has 124 valence electrons. The van der Waals surface area contributed by atoms with Crippen molar-refractivity contribution < 1.29 is 14.6 Å². The van der Waals surface area contributed by atoms with Gasteiger partial charge in [0.25, 0.3) is 0 Å². The lowest BCUT2D eigenvalue weighted by Crippen LogP contribution is -2.29. The zero-order valence-electron chi connectivity index (χ0n) is 14.2. The van der Waals surface area contributed by atoms with Crippen molar-refractivity contribution in [3.8, 4) is 11.5 Å². The normalized spacial score (nSPS) is 21.6. The lowest BCUT2D eigenvalue weighted by molar-refractivity contribution is 0.108. The summed E-state index contributed by atoms with van der Waals surface area (Å²) in [5.74, 6) is 1.98. The van der Waals surface area contributed by atoms with Gasteiger partial charge in [0, 0.05) is 13.1 Å². The van der Waals surface area contributed by atoms with Gasteiger partial charge >= 0.3 is 0 Å². The minimum Gasteiger partial charge on any atom is -0.493 e. The summed E-state index contributed by atoms with van der Waals surface area (Å²) in [6, 6.07) is 6.10. The van der Waals surface area contributed by atoms with Crippen LogP contribution in [-0.2, 0) is 6.54 Å². The quantitative estimate of drug-likeness (QED) is 0.840. The molecule has 0 bridgehead atoms. The SMILES string of the molecule is COc1cc(CN(C)CC2CCCC2O)ccc1OC(C)C. The smallest absolute Gasteiger partial charge is 0.161 e. The summed E-state index contributed by atoms with van der Waals surface area (Å²) in [6.07, 6.45) is 3.24. The van der Waals surface area contributed by atoms with E-state index >= 15 is 0 Å². The molecule has 0 amide bonds. The monoisotopic (exact) mass is 307 g/mol. The van der Waals surface area contributed by atoms with Crippen molar-refractivity contribution in [1.29, 1.82) is 0 Å². The zero-order valence-corrected chi connectivity index (χ0v) is 14.2. The number of methoxy groups -OCH3 is 1. The molecule has 0 saturated heterocycles. The molecule has 0 aromatic heterocycles. The molecule has 4 nitrogen and oxygen atoms in total. The zero-order chi connectivity index (χ0) is 16.1. The first-order valence-electron chi connectivity index (χ1n) is 8.19. The Labute approximate surface area is 134 Å². The summed E-state index contributed by atoms with van der Waals surface area (Å²) in [7, 11) is 3.78. The number of benzene rings is 1. The average molecular weight is 307 g/mol. The molecule has 2 unspecified atom stereocenters. The molecule has 1 aliphatic carbocycles. The first-order chi connectivity index (χ1) is 10.5. The topological polar surface area (TPSA) is 41.9 Å². The molecule has 22 heavy (non-hydrogen) atoms. The van der Waals surface area contributed by atoms with Crippen molar-refractivity contribution in [1.82, 2.24) is 4.90 Å². The van der Waals surface area contributed by atoms with Crippen LogP contribution in [0.3, 0.4) is 0 Å². The van der Waals surface area contributed by atoms with Crippen molar-refractivity contribution >= 4 is 0 Å². The highest BCUT2D eigenvalue weighted by Crippen LogP contribution is 2.30. The van der Waals surface area contributed by atoms with Crippen LogP contribution in [0.15, 0.2) is 18.2 Å². The minimum absolute atomic E-state index is 0.126. The maximum Gasteiger partial charge on any atom is 0.161 e. The van der Waals surface area contributed by atoms with E-state index in [4.69, 9.17) is 9.47 Å². The Hall–Kier alpha value is -1.26. The summed E-state index contributed by atoms with van der Waals surface area (Å²) >= 11 is 0. The molecular weight excluding hydrogens is 278 g/mol. The third-order valence-electron chi connectivity index (χ3n) is 4.21. The molecule has 0 radical (unpaired) electrons. The fourth-order valence-corrected chi connectivity index (χ4v) is 3.17. The molecular formula is C18H29NO3. The van der Waals surface area contributed by atoms with E-state index in [1.54, 1.807) is 7.11 Å². The van der Waals surface area contributed by atoms with Crippen molar-refractivity contribution in [2.45, 2.75) is 51.9 Å². The molecule has 4 heteroatoms. The van der Waals surface area contributed by atoms with Gasteiger partial charge in [0.1, 0.15) is 0 Å². The summed E-state index contributed by atoms with van der Waals surface area (Å²) in [5.41, 5.74) is 1.20. The van der Waals surface area contributed by atoms with Gasteiger partial charge in [-0.05, 0) is 57.4 Å². The second-order valence-electron chi connectivity index (χ2n) is 6.61. The van der Waals surface area contributed by atoms with Gasteiger partial charge < -0.3 is 19.5 Å². The third kappa shape index (κ3) is 4.62. The van der Waals surface area contributed by atoms with Crippen molar-refractivity contribution in [3.63, 3.8) is 0 Å². The summed E-state index contributed by atoms with van der Waals surface area (Å²) < 4.78 is 11.2. The minimum atomic E-state index is -0.126. The van der Waals surface area contributed by atoms with Gasteiger partial charge in [0.2, 0.25) is 0 Å². The second kappa shape index (κ2) is 7.84. The largest absolute Gasteiger partial charge is 0.493 e. The van der Waals surface area contributed by atoms with E-state index in [9.17, 15) is 5.11 Å². The standard InChI is InChI=1S/C18H29NO3/c1-13(2)22-17-9-8-14(10-18(17)21-4)11-19(3)12-15-6-5-7-16(15)20/h8-10,13,15-16,20H,5-7,11-12H2,1-4H3. The number of rotatable bonds is 7. The fraction of sp³-hybridized carbons (Fsp3) is 0.667. The van der Waals surface area contributed by atoms with Crippen LogP contribution in [0.4, 0.5) is 0 Å². The molecule has 0 heterocycles. The van der Waals surface area contributed by atoms with E-state index in [1.807, 2.05) is 26.0 Å². The summed E-state index contributed by atoms with van der Waals surface area (Å²) in [5, 5.41) is 9.94. The molecule has 1 fully saturated rings. The molecule has 1 aromatic carbocycles. The highest BCUT2D eigenvalue weighted by molar-refractivity contribution is 5.43. The fourth-order valence-electron chi connectivity index (χ4n) is 3.17. The Kier molecular flexibility index (Phi) is 6.09. The number of ether oxygens (including phenoxy) is 2. The van der Waals surface area contributed by atoms with Crippen LogP contribution in [0, 0.1) is 5.92 Å². The number of aliphatic hydroxyl groups is 1. The van der Waals surface area contributed by atoms with E-state index in [2.05, 4.69) is 18.0 Å². The van der Waals surface area contributed by atoms with Gasteiger partial charge in [0.15, 0.2) is 11.5 Å². The van der Waals surface area contributed by atoms with Crippen molar-refractivity contribution in [3.05, 3.63) is 23.8 Å². The number of hydrogen-bond acceptors (Lipinski definition) is 4. The first kappa shape index (κ1) is 17.1. The summed E-state index contributed by atoms with van der Waals surface area (Å²) in [6.45, 7) is 5.80. The van der Waals surface area contributed by atoms with Gasteiger partial charge in [-0.1, -0.05) is 12.5 Å². The molecule has 2 atom stereocenters. The van der Waals surface area contributed by atoms with Crippen LogP contribution in [0.1, 0.15) is 38.7 Å². The van der Waals surface area contributed by atoms with Crippen LogP contribution >= 0.6 is 0 Å². The molecule has 1 N–H and O–H groups in total. The van der Waals surface area contributed by atoms with Gasteiger partial charge in [0.05, 0.1) is 19.3 Å². The van der Waals surface area contributed by atoms with E-state index in [-0.39, 0.29) is 12.2 Å². The maximum absolute atomic E-state index is 9.94. The molecule has 1 aliphatic rings. The molecule has 2 rings (SSSR count). The molecule has 1 saturated carbocycles. The summed E-state index contributed by atoms with van der Waals surface area (Å²) in [4.78, 5) is 2.27. The molecule has 0 aliphatic heterocycles. The average Bonchev–Trinajstić information content (AvgIpc) is 2.85. The number of aliphatic hydroxyl groups excluding tert-OH is 1. The Morgan fingerprint density at radius 3 is 2.64 bits per heavy atom. The lowest BCUT2D eigenvalue weighted by atomic mass is 10.1. The third-order valence-corrected chi connectivity index (χ3v) is 4.21. The van der Waals surface area contributed by atoms with E-state index < -0.39 is 0 Å². The maximum atomic E-state index is 9.94. The predicted octanol–water partition coefficient (Wildman–Crippen LogP) is 3.08. The van der Waals surface area contributed by atoms with Gasteiger partial charge in [-0.3, -0.25) is 0 Å². The van der Waals surface area contributed by atoms with E-state index in [0.29, 0.717) is 5.92 Å². The Balaban J connectivity index is 1.97. The lowest BCUT2D eigenvalue weighted by Gasteiger charge is -2.23. The number of nitrogens with zero attached hydrogens (tertiary/aromatic N) is 1. The number of hydrogen-bond donors (Lipinski definition) is 1. The Bertz CT molecular complexity index is 475. The van der Waals surface area contributed by atoms with Gasteiger partial charge in [-0.15, -0.1) is 0 Å². The van der Waals surface area contributed by atoms with Crippen molar-refractivity contribution in [2.24, 2.45) is 5.92 Å². The Morgan fingerprint density at radius 1 is 1.27 bits per heavy atom. The van der Waals surface area contributed by atoms with Gasteiger partial charge in [-0.25, -0.2) is 0 Å². The van der Waals surface area contributed by atoms with Gasteiger partial charge in [-0.2, -0.15) is 0 Å². The predicted molar refractivity (Wildman–Crippen MR) is 88.4 cm³/mol. The van der Waals surface area contributed by atoms with Crippen molar-refractivity contribution in [2.75, 3.05) is 20.7 Å². The van der Waals surface area contributed by atoms with E-state index in [1.165, 1.54) is 5.56 Å². The first-order valence-corrected chi connectivity index (χ1v) is 8.19. The highest BCUT2D eigenvalue weighted by atomic mass is 16.5. The van der Waals surface area contributed by atoms with Crippen LogP contribution in [-0.4, -0.2) is 42.9 Å². The Morgan fingerprint density at radius 2 is 2.05 bits per heavy atom. The van der Waals surface area contributed by atoms with Crippen LogP contribution < -0.4 is 9.47 Å². The van der Waals surface area contributed by atoms with Crippen LogP contribution in [0.5, 0.6) is 11.5 Å². The van der Waals surface area contributed by atoms with E-state index in [0.717, 1.165) is 43.9 Å². The highest BCUT2D eigenvalue weighted by Gasteiger charge is 2.26.